The Hall–Kier alpha value is -2.92. The van der Waals surface area contributed by atoms with Gasteiger partial charge in [0.2, 0.25) is 20.0 Å². The lowest BCUT2D eigenvalue weighted by Gasteiger charge is -2.16. The first kappa shape index (κ1) is 23.7. The van der Waals surface area contributed by atoms with Gasteiger partial charge in [-0.3, -0.25) is 0 Å². The molecule has 0 bridgehead atoms. The highest BCUT2D eigenvalue weighted by atomic mass is 32.2. The van der Waals surface area contributed by atoms with Gasteiger partial charge in [-0.15, -0.1) is 0 Å². The molecule has 0 fully saturated rings. The molecule has 0 heterocycles. The second-order valence-electron chi connectivity index (χ2n) is 6.77. The van der Waals surface area contributed by atoms with Gasteiger partial charge in [0.1, 0.15) is 21.3 Å². The van der Waals surface area contributed by atoms with Crippen LogP contribution in [0.4, 0.5) is 0 Å². The minimum Gasteiger partial charge on any atom is -0.495 e. The van der Waals surface area contributed by atoms with E-state index in [-0.39, 0.29) is 34.4 Å². The van der Waals surface area contributed by atoms with Crippen LogP contribution in [0.25, 0.3) is 0 Å². The summed E-state index contributed by atoms with van der Waals surface area (Å²) in [5.74, 6) is -0.0751. The van der Waals surface area contributed by atoms with Gasteiger partial charge in [0.25, 0.3) is 0 Å². The Balaban J connectivity index is 1.95. The van der Waals surface area contributed by atoms with E-state index < -0.39 is 20.0 Å². The fraction of sp³-hybridized carbons (Fsp3) is 0.182. The minimum absolute atomic E-state index is 0.0344. The van der Waals surface area contributed by atoms with Gasteiger partial charge in [-0.05, 0) is 17.2 Å². The first-order chi connectivity index (χ1) is 15.3. The summed E-state index contributed by atoms with van der Waals surface area (Å²) in [5.41, 5.74) is 1.50. The van der Waals surface area contributed by atoms with Crippen molar-refractivity contribution in [1.82, 2.24) is 9.44 Å². The highest BCUT2D eigenvalue weighted by Gasteiger charge is 2.28. The number of benzene rings is 3. The third kappa shape index (κ3) is 5.65. The van der Waals surface area contributed by atoms with Crippen molar-refractivity contribution < 1.29 is 26.3 Å². The van der Waals surface area contributed by atoms with Crippen LogP contribution in [0.15, 0.2) is 82.6 Å². The maximum Gasteiger partial charge on any atom is 0.244 e. The summed E-state index contributed by atoms with van der Waals surface area (Å²) in [6.45, 7) is 0.0688. The number of hydrogen-bond donors (Lipinski definition) is 2. The lowest BCUT2D eigenvalue weighted by Crippen LogP contribution is -2.26. The summed E-state index contributed by atoms with van der Waals surface area (Å²) >= 11 is 0. The molecule has 170 valence electrons. The fourth-order valence-electron chi connectivity index (χ4n) is 2.97. The van der Waals surface area contributed by atoms with Gasteiger partial charge < -0.3 is 9.47 Å². The van der Waals surface area contributed by atoms with E-state index in [4.69, 9.17) is 9.47 Å². The van der Waals surface area contributed by atoms with Gasteiger partial charge in [0.15, 0.2) is 0 Å². The smallest absolute Gasteiger partial charge is 0.244 e. The van der Waals surface area contributed by atoms with E-state index in [1.54, 1.807) is 48.5 Å². The summed E-state index contributed by atoms with van der Waals surface area (Å²) in [4.78, 5) is -0.617. The molecule has 3 aromatic carbocycles. The zero-order valence-corrected chi connectivity index (χ0v) is 19.2. The van der Waals surface area contributed by atoms with E-state index in [9.17, 15) is 16.8 Å². The Morgan fingerprint density at radius 1 is 0.625 bits per heavy atom. The van der Waals surface area contributed by atoms with Crippen LogP contribution in [0.3, 0.4) is 0 Å². The Morgan fingerprint density at radius 3 is 1.34 bits per heavy atom. The number of sulfonamides is 2. The predicted octanol–water partition coefficient (Wildman–Crippen LogP) is 2.66. The molecular weight excluding hydrogens is 452 g/mol. The molecule has 0 unspecified atom stereocenters. The molecule has 0 saturated carbocycles. The highest BCUT2D eigenvalue weighted by Crippen LogP contribution is 2.34. The van der Waals surface area contributed by atoms with E-state index in [0.717, 1.165) is 17.2 Å². The van der Waals surface area contributed by atoms with Crippen LogP contribution in [-0.4, -0.2) is 31.1 Å². The minimum atomic E-state index is -4.10. The molecule has 2 N–H and O–H groups in total. The zero-order valence-electron chi connectivity index (χ0n) is 17.6. The van der Waals surface area contributed by atoms with Gasteiger partial charge in [0.05, 0.1) is 14.2 Å². The molecule has 0 radical (unpaired) electrons. The molecule has 3 aromatic rings. The van der Waals surface area contributed by atoms with Crippen LogP contribution in [0.1, 0.15) is 11.1 Å². The molecule has 0 aliphatic rings. The third-order valence-corrected chi connectivity index (χ3v) is 7.49. The molecule has 0 atom stereocenters. The van der Waals surface area contributed by atoms with Crippen molar-refractivity contribution in [3.05, 3.63) is 83.9 Å². The lowest BCUT2D eigenvalue weighted by molar-refractivity contribution is 0.378. The Labute approximate surface area is 188 Å². The van der Waals surface area contributed by atoms with Gasteiger partial charge >= 0.3 is 0 Å². The second-order valence-corrected chi connectivity index (χ2v) is 10.2. The monoisotopic (exact) mass is 476 g/mol. The van der Waals surface area contributed by atoms with E-state index >= 15 is 0 Å². The number of hydrogen-bond acceptors (Lipinski definition) is 6. The van der Waals surface area contributed by atoms with Crippen LogP contribution >= 0.6 is 0 Å². The van der Waals surface area contributed by atoms with Gasteiger partial charge in [-0.2, -0.15) is 0 Å². The summed E-state index contributed by atoms with van der Waals surface area (Å²) in [7, 11) is -5.60. The van der Waals surface area contributed by atoms with E-state index in [0.29, 0.717) is 0 Å². The molecule has 0 spiro atoms. The standard InChI is InChI=1S/C22H24N2O6S2/c1-29-19-13-20(30-2)22(32(27,28)24-16-18-11-7-4-8-12-18)14-21(19)31(25,26)23-15-17-9-5-3-6-10-17/h3-14,23-24H,15-16H2,1-2H3. The first-order valence-corrected chi connectivity index (χ1v) is 12.6. The zero-order chi connectivity index (χ0) is 23.2. The second kappa shape index (κ2) is 10.1. The van der Waals surface area contributed by atoms with Crippen molar-refractivity contribution in [3.63, 3.8) is 0 Å². The molecule has 8 nitrogen and oxygen atoms in total. The SMILES string of the molecule is COc1cc(OC)c(S(=O)(=O)NCc2ccccc2)cc1S(=O)(=O)NCc1ccccc1. The summed E-state index contributed by atoms with van der Waals surface area (Å²) in [6, 6.07) is 20.2. The van der Waals surface area contributed by atoms with Gasteiger partial charge in [-0.25, -0.2) is 26.3 Å². The van der Waals surface area contributed by atoms with Crippen LogP contribution in [0.5, 0.6) is 11.5 Å². The van der Waals surface area contributed by atoms with Crippen molar-refractivity contribution in [2.75, 3.05) is 14.2 Å². The molecular formula is C22H24N2O6S2. The summed E-state index contributed by atoms with van der Waals surface area (Å²) in [6.07, 6.45) is 0. The van der Waals surface area contributed by atoms with E-state index in [2.05, 4.69) is 9.44 Å². The molecule has 0 saturated heterocycles. The van der Waals surface area contributed by atoms with Crippen molar-refractivity contribution >= 4 is 20.0 Å². The fourth-order valence-corrected chi connectivity index (χ4v) is 5.42. The van der Waals surface area contributed by atoms with Gasteiger partial charge in [0, 0.05) is 19.2 Å². The molecule has 0 aliphatic heterocycles. The average Bonchev–Trinajstić information content (AvgIpc) is 2.82. The maximum atomic E-state index is 13.0. The number of methoxy groups -OCH3 is 2. The molecule has 0 aliphatic carbocycles. The van der Waals surface area contributed by atoms with Crippen LogP contribution < -0.4 is 18.9 Å². The van der Waals surface area contributed by atoms with Crippen molar-refractivity contribution in [1.29, 1.82) is 0 Å². The van der Waals surface area contributed by atoms with E-state index in [1.807, 2.05) is 12.1 Å². The number of nitrogens with one attached hydrogen (secondary N) is 2. The third-order valence-electron chi connectivity index (χ3n) is 4.65. The quantitative estimate of drug-likeness (QED) is 0.465. The number of ether oxygens (including phenoxy) is 2. The normalized spacial score (nSPS) is 11.8. The van der Waals surface area contributed by atoms with Gasteiger partial charge in [-0.1, -0.05) is 60.7 Å². The molecule has 0 aromatic heterocycles. The summed E-state index contributed by atoms with van der Waals surface area (Å²) < 4.78 is 67.4. The maximum absolute atomic E-state index is 13.0. The van der Waals surface area contributed by atoms with Crippen LogP contribution in [0, 0.1) is 0 Å². The highest BCUT2D eigenvalue weighted by molar-refractivity contribution is 7.90. The predicted molar refractivity (Wildman–Crippen MR) is 120 cm³/mol. The van der Waals surface area contributed by atoms with E-state index in [1.165, 1.54) is 20.3 Å². The Morgan fingerprint density at radius 2 is 1.00 bits per heavy atom. The van der Waals surface area contributed by atoms with Crippen molar-refractivity contribution in [2.24, 2.45) is 0 Å². The molecule has 3 rings (SSSR count). The Bertz CT molecular complexity index is 1170. The molecule has 10 heteroatoms. The summed E-state index contributed by atoms with van der Waals surface area (Å²) in [5, 5.41) is 0. The molecule has 32 heavy (non-hydrogen) atoms. The Kier molecular flexibility index (Phi) is 7.52. The topological polar surface area (TPSA) is 111 Å². The van der Waals surface area contributed by atoms with Crippen LogP contribution in [-0.2, 0) is 33.1 Å². The largest absolute Gasteiger partial charge is 0.495 e. The average molecular weight is 477 g/mol. The lowest BCUT2D eigenvalue weighted by atomic mass is 10.2. The van der Waals surface area contributed by atoms with Crippen LogP contribution in [0.2, 0.25) is 0 Å². The molecule has 0 amide bonds. The van der Waals surface area contributed by atoms with Crippen molar-refractivity contribution in [2.45, 2.75) is 22.9 Å². The van der Waals surface area contributed by atoms with Crippen molar-refractivity contribution in [3.8, 4) is 11.5 Å². The first-order valence-electron chi connectivity index (χ1n) is 9.60. The number of rotatable bonds is 10.